The van der Waals surface area contributed by atoms with Crippen molar-refractivity contribution in [3.8, 4) is 0 Å². The number of hydrogen-bond donors (Lipinski definition) is 1. The third-order valence-electron chi connectivity index (χ3n) is 2.86. The summed E-state index contributed by atoms with van der Waals surface area (Å²) in [5.41, 5.74) is 5.69. The molecule has 0 atom stereocenters. The van der Waals surface area contributed by atoms with Crippen molar-refractivity contribution in [2.24, 2.45) is 11.7 Å². The van der Waals surface area contributed by atoms with E-state index >= 15 is 0 Å². The zero-order valence-electron chi connectivity index (χ0n) is 12.9. The molecule has 0 saturated heterocycles. The van der Waals surface area contributed by atoms with Gasteiger partial charge in [-0.05, 0) is 19.8 Å². The first-order valence-electron chi connectivity index (χ1n) is 7.09. The lowest BCUT2D eigenvalue weighted by molar-refractivity contribution is 0.382. The number of nitrogens with two attached hydrogens (primary N) is 1. The third kappa shape index (κ3) is 4.04. The maximum atomic E-state index is 5.69. The molecule has 0 bridgehead atoms. The molecule has 0 aliphatic carbocycles. The molecule has 0 amide bonds. The summed E-state index contributed by atoms with van der Waals surface area (Å²) in [6.45, 7) is 8.80. The molecule has 2 rings (SSSR count). The summed E-state index contributed by atoms with van der Waals surface area (Å²) >= 11 is 1.53. The van der Waals surface area contributed by atoms with Gasteiger partial charge in [-0.1, -0.05) is 30.8 Å². The second-order valence-electron chi connectivity index (χ2n) is 5.56. The van der Waals surface area contributed by atoms with Crippen molar-refractivity contribution in [1.82, 2.24) is 24.9 Å². The van der Waals surface area contributed by atoms with Crippen molar-refractivity contribution >= 4 is 11.8 Å². The molecule has 0 spiro atoms. The van der Waals surface area contributed by atoms with Crippen LogP contribution in [0.25, 0.3) is 0 Å². The van der Waals surface area contributed by atoms with E-state index in [9.17, 15) is 0 Å². The van der Waals surface area contributed by atoms with Gasteiger partial charge >= 0.3 is 0 Å². The molecule has 7 nitrogen and oxygen atoms in total. The predicted molar refractivity (Wildman–Crippen MR) is 80.7 cm³/mol. The highest BCUT2D eigenvalue weighted by Gasteiger charge is 2.16. The van der Waals surface area contributed by atoms with Crippen molar-refractivity contribution in [2.75, 3.05) is 0 Å². The molecule has 0 aliphatic heterocycles. The monoisotopic (exact) mass is 310 g/mol. The van der Waals surface area contributed by atoms with Crippen LogP contribution in [0.15, 0.2) is 9.68 Å². The van der Waals surface area contributed by atoms with Gasteiger partial charge in [-0.2, -0.15) is 4.98 Å². The Labute approximate surface area is 128 Å². The third-order valence-corrected chi connectivity index (χ3v) is 3.79. The SMILES string of the molecule is CC(C)Cc1noc(CSc2nnc(CN)n2C(C)C)n1. The maximum Gasteiger partial charge on any atom is 0.237 e. The van der Waals surface area contributed by atoms with E-state index in [0.29, 0.717) is 24.1 Å². The second-order valence-corrected chi connectivity index (χ2v) is 6.50. The van der Waals surface area contributed by atoms with Gasteiger partial charge in [-0.15, -0.1) is 10.2 Å². The Kier molecular flexibility index (Phi) is 5.35. The molecule has 2 N–H and O–H groups in total. The molecule has 0 fully saturated rings. The smallest absolute Gasteiger partial charge is 0.237 e. The number of hydrogen-bond acceptors (Lipinski definition) is 7. The summed E-state index contributed by atoms with van der Waals surface area (Å²) in [6.07, 6.45) is 0.827. The minimum Gasteiger partial charge on any atom is -0.338 e. The van der Waals surface area contributed by atoms with Gasteiger partial charge in [0, 0.05) is 12.5 Å². The zero-order chi connectivity index (χ0) is 15.4. The lowest BCUT2D eigenvalue weighted by Crippen LogP contribution is -2.11. The standard InChI is InChI=1S/C13H22N6OS/c1-8(2)5-10-15-12(20-18-10)7-21-13-17-16-11(6-14)19(13)9(3)4/h8-9H,5-7,14H2,1-4H3. The lowest BCUT2D eigenvalue weighted by Gasteiger charge is -2.11. The molecular formula is C13H22N6OS. The summed E-state index contributed by atoms with van der Waals surface area (Å²) in [5.74, 6) is 3.26. The van der Waals surface area contributed by atoms with Crippen LogP contribution in [0.5, 0.6) is 0 Å². The highest BCUT2D eigenvalue weighted by molar-refractivity contribution is 7.98. The molecule has 0 saturated carbocycles. The summed E-state index contributed by atoms with van der Waals surface area (Å²) in [4.78, 5) is 4.39. The first kappa shape index (κ1) is 16.0. The Hall–Kier alpha value is -1.41. The van der Waals surface area contributed by atoms with Gasteiger partial charge in [-0.25, -0.2) is 0 Å². The van der Waals surface area contributed by atoms with Gasteiger partial charge in [0.2, 0.25) is 5.89 Å². The number of thioether (sulfide) groups is 1. The number of aromatic nitrogens is 5. The van der Waals surface area contributed by atoms with E-state index in [2.05, 4.69) is 48.0 Å². The second kappa shape index (κ2) is 7.04. The average molecular weight is 310 g/mol. The largest absolute Gasteiger partial charge is 0.338 e. The van der Waals surface area contributed by atoms with E-state index in [1.165, 1.54) is 11.8 Å². The molecule has 2 heterocycles. The summed E-state index contributed by atoms with van der Waals surface area (Å²) in [6, 6.07) is 0.264. The molecular weight excluding hydrogens is 288 g/mol. The molecule has 0 aromatic carbocycles. The van der Waals surface area contributed by atoms with Crippen LogP contribution in [-0.2, 0) is 18.7 Å². The molecule has 2 aromatic heterocycles. The Morgan fingerprint density at radius 1 is 1.24 bits per heavy atom. The quantitative estimate of drug-likeness (QED) is 0.783. The normalized spacial score (nSPS) is 11.8. The van der Waals surface area contributed by atoms with Gasteiger partial charge in [-0.3, -0.25) is 0 Å². The molecule has 2 aromatic rings. The highest BCUT2D eigenvalue weighted by Crippen LogP contribution is 2.24. The summed E-state index contributed by atoms with van der Waals surface area (Å²) < 4.78 is 7.29. The number of rotatable bonds is 7. The fourth-order valence-corrected chi connectivity index (χ4v) is 2.91. The summed E-state index contributed by atoms with van der Waals surface area (Å²) in [7, 11) is 0. The minimum atomic E-state index is 0.264. The molecule has 21 heavy (non-hydrogen) atoms. The summed E-state index contributed by atoms with van der Waals surface area (Å²) in [5, 5.41) is 13.1. The average Bonchev–Trinajstić information content (AvgIpc) is 3.01. The van der Waals surface area contributed by atoms with Crippen molar-refractivity contribution < 1.29 is 4.52 Å². The molecule has 8 heteroatoms. The van der Waals surface area contributed by atoms with Gasteiger partial charge < -0.3 is 14.8 Å². The predicted octanol–water partition coefficient (Wildman–Crippen LogP) is 2.19. The van der Waals surface area contributed by atoms with Gasteiger partial charge in [0.05, 0.1) is 12.3 Å². The topological polar surface area (TPSA) is 95.6 Å². The van der Waals surface area contributed by atoms with Crippen LogP contribution in [0.4, 0.5) is 0 Å². The van der Waals surface area contributed by atoms with Crippen LogP contribution >= 0.6 is 11.8 Å². The van der Waals surface area contributed by atoms with E-state index in [4.69, 9.17) is 10.3 Å². The van der Waals surface area contributed by atoms with Crippen LogP contribution < -0.4 is 5.73 Å². The Morgan fingerprint density at radius 2 is 2.00 bits per heavy atom. The molecule has 0 radical (unpaired) electrons. The Balaban J connectivity index is 2.03. The van der Waals surface area contributed by atoms with Crippen molar-refractivity contribution in [1.29, 1.82) is 0 Å². The van der Waals surface area contributed by atoms with Crippen LogP contribution in [0.3, 0.4) is 0 Å². The zero-order valence-corrected chi connectivity index (χ0v) is 13.7. The van der Waals surface area contributed by atoms with E-state index in [-0.39, 0.29) is 6.04 Å². The van der Waals surface area contributed by atoms with Crippen LogP contribution in [0, 0.1) is 5.92 Å². The fraction of sp³-hybridized carbons (Fsp3) is 0.692. The molecule has 116 valence electrons. The van der Waals surface area contributed by atoms with Crippen LogP contribution in [0.2, 0.25) is 0 Å². The van der Waals surface area contributed by atoms with Gasteiger partial charge in [0.1, 0.15) is 5.82 Å². The lowest BCUT2D eigenvalue weighted by atomic mass is 10.1. The van der Waals surface area contributed by atoms with Crippen LogP contribution in [0.1, 0.15) is 51.3 Å². The maximum absolute atomic E-state index is 5.69. The number of nitrogens with zero attached hydrogens (tertiary/aromatic N) is 5. The molecule has 0 aliphatic rings. The van der Waals surface area contributed by atoms with E-state index in [1.54, 1.807) is 0 Å². The van der Waals surface area contributed by atoms with E-state index in [1.807, 2.05) is 4.57 Å². The van der Waals surface area contributed by atoms with Crippen molar-refractivity contribution in [3.63, 3.8) is 0 Å². The first-order chi connectivity index (χ1) is 10.0. The Bertz CT molecular complexity index is 577. The van der Waals surface area contributed by atoms with Gasteiger partial charge in [0.25, 0.3) is 0 Å². The van der Waals surface area contributed by atoms with Crippen molar-refractivity contribution in [3.05, 3.63) is 17.5 Å². The van der Waals surface area contributed by atoms with Crippen molar-refractivity contribution in [2.45, 2.75) is 57.6 Å². The Morgan fingerprint density at radius 3 is 2.62 bits per heavy atom. The highest BCUT2D eigenvalue weighted by atomic mass is 32.2. The minimum absolute atomic E-state index is 0.264. The van der Waals surface area contributed by atoms with Gasteiger partial charge in [0.15, 0.2) is 11.0 Å². The van der Waals surface area contributed by atoms with E-state index in [0.717, 1.165) is 23.2 Å². The van der Waals surface area contributed by atoms with Crippen LogP contribution in [-0.4, -0.2) is 24.9 Å². The first-order valence-corrected chi connectivity index (χ1v) is 8.08. The van der Waals surface area contributed by atoms with E-state index < -0.39 is 0 Å². The molecule has 0 unspecified atom stereocenters. The fourth-order valence-electron chi connectivity index (χ4n) is 1.99.